The fraction of sp³-hybridized carbons (Fsp3) is 0.364. The van der Waals surface area contributed by atoms with Crippen molar-refractivity contribution in [3.05, 3.63) is 34.0 Å². The Hall–Kier alpha value is -1.13. The molecule has 1 aromatic rings. The average molecular weight is 225 g/mol. The summed E-state index contributed by atoms with van der Waals surface area (Å²) in [5.74, 6) is -0.861. The molecule has 0 radical (unpaired) electrons. The average Bonchev–Trinajstić information content (AvgIpc) is 2.70. The normalized spacial score (nSPS) is 13.9. The zero-order chi connectivity index (χ0) is 11.3. The second-order valence-corrected chi connectivity index (χ2v) is 4.32. The third-order valence-electron chi connectivity index (χ3n) is 2.14. The number of thiophene rings is 1. The number of carboxylic acid groups (broad SMARTS) is 1. The lowest BCUT2D eigenvalue weighted by atomic mass is 10.2. The van der Waals surface area contributed by atoms with Crippen molar-refractivity contribution in [3.63, 3.8) is 0 Å². The van der Waals surface area contributed by atoms with Gasteiger partial charge in [-0.3, -0.25) is 0 Å². The van der Waals surface area contributed by atoms with Gasteiger partial charge in [0.05, 0.1) is 0 Å². The molecule has 1 unspecified atom stereocenters. The molecule has 0 aliphatic carbocycles. The van der Waals surface area contributed by atoms with E-state index in [2.05, 4.69) is 18.3 Å². The summed E-state index contributed by atoms with van der Waals surface area (Å²) in [7, 11) is 0. The molecule has 0 spiro atoms. The van der Waals surface area contributed by atoms with Crippen LogP contribution in [-0.2, 0) is 4.79 Å². The van der Waals surface area contributed by atoms with Gasteiger partial charge in [-0.25, -0.2) is 4.79 Å². The number of aliphatic carboxylic acids is 1. The van der Waals surface area contributed by atoms with Crippen LogP contribution < -0.4 is 5.32 Å². The van der Waals surface area contributed by atoms with E-state index < -0.39 is 5.97 Å². The van der Waals surface area contributed by atoms with Crippen LogP contribution in [0.3, 0.4) is 0 Å². The highest BCUT2D eigenvalue weighted by molar-refractivity contribution is 7.10. The monoisotopic (exact) mass is 225 g/mol. The summed E-state index contributed by atoms with van der Waals surface area (Å²) in [5, 5.41) is 13.9. The van der Waals surface area contributed by atoms with Gasteiger partial charge >= 0.3 is 5.97 Å². The number of rotatable bonds is 5. The summed E-state index contributed by atoms with van der Waals surface area (Å²) < 4.78 is 0. The van der Waals surface area contributed by atoms with Crippen molar-refractivity contribution >= 4 is 17.3 Å². The van der Waals surface area contributed by atoms with Crippen LogP contribution in [0.25, 0.3) is 0 Å². The number of hydrogen-bond acceptors (Lipinski definition) is 3. The van der Waals surface area contributed by atoms with Gasteiger partial charge in [0.15, 0.2) is 0 Å². The lowest BCUT2D eigenvalue weighted by molar-refractivity contribution is -0.132. The van der Waals surface area contributed by atoms with Gasteiger partial charge in [0.2, 0.25) is 0 Å². The molecule has 2 N–H and O–H groups in total. The molecule has 0 saturated carbocycles. The zero-order valence-corrected chi connectivity index (χ0v) is 9.67. The maximum atomic E-state index is 10.5. The number of carbonyl (C=O) groups is 1. The fourth-order valence-corrected chi connectivity index (χ4v) is 1.87. The van der Waals surface area contributed by atoms with Crippen molar-refractivity contribution in [1.82, 2.24) is 5.32 Å². The molecule has 0 saturated heterocycles. The van der Waals surface area contributed by atoms with Crippen LogP contribution in [0, 0.1) is 0 Å². The first kappa shape index (κ1) is 11.9. The van der Waals surface area contributed by atoms with E-state index in [0.29, 0.717) is 12.1 Å². The lowest BCUT2D eigenvalue weighted by Gasteiger charge is -2.09. The first-order valence-corrected chi connectivity index (χ1v) is 5.66. The summed E-state index contributed by atoms with van der Waals surface area (Å²) in [5.41, 5.74) is 0.376. The van der Waals surface area contributed by atoms with Crippen LogP contribution in [0.15, 0.2) is 29.2 Å². The van der Waals surface area contributed by atoms with E-state index in [1.54, 1.807) is 24.3 Å². The molecule has 82 valence electrons. The van der Waals surface area contributed by atoms with Gasteiger partial charge < -0.3 is 10.4 Å². The van der Waals surface area contributed by atoms with Gasteiger partial charge in [0.1, 0.15) is 0 Å². The summed E-state index contributed by atoms with van der Waals surface area (Å²) in [6.45, 7) is 4.24. The van der Waals surface area contributed by atoms with Crippen molar-refractivity contribution in [1.29, 1.82) is 0 Å². The van der Waals surface area contributed by atoms with Crippen molar-refractivity contribution in [2.75, 3.05) is 6.54 Å². The molecule has 0 aliphatic rings. The molecule has 15 heavy (non-hydrogen) atoms. The molecule has 1 rings (SSSR count). The van der Waals surface area contributed by atoms with E-state index >= 15 is 0 Å². The molecule has 1 heterocycles. The first-order valence-electron chi connectivity index (χ1n) is 4.78. The van der Waals surface area contributed by atoms with E-state index in [-0.39, 0.29) is 6.04 Å². The van der Waals surface area contributed by atoms with E-state index in [0.717, 1.165) is 0 Å². The van der Waals surface area contributed by atoms with E-state index in [9.17, 15) is 4.79 Å². The SMILES string of the molecule is C/C(=C/CNC(C)c1cccs1)C(=O)O. The molecular formula is C11H15NO2S. The lowest BCUT2D eigenvalue weighted by Crippen LogP contribution is -2.18. The first-order chi connectivity index (χ1) is 7.11. The zero-order valence-electron chi connectivity index (χ0n) is 8.86. The summed E-state index contributed by atoms with van der Waals surface area (Å²) >= 11 is 1.70. The molecule has 0 amide bonds. The third kappa shape index (κ3) is 3.85. The molecule has 0 bridgehead atoms. The van der Waals surface area contributed by atoms with Crippen LogP contribution in [0.4, 0.5) is 0 Å². The summed E-state index contributed by atoms with van der Waals surface area (Å²) in [6.07, 6.45) is 1.69. The Morgan fingerprint density at radius 3 is 3.00 bits per heavy atom. The standard InChI is InChI=1S/C11H15NO2S/c1-8(11(13)14)5-6-12-9(2)10-4-3-7-15-10/h3-5,7,9,12H,6H2,1-2H3,(H,13,14)/b8-5-. The van der Waals surface area contributed by atoms with Gasteiger partial charge in [-0.1, -0.05) is 12.1 Å². The second-order valence-electron chi connectivity index (χ2n) is 3.34. The molecule has 1 atom stereocenters. The minimum absolute atomic E-state index is 0.267. The van der Waals surface area contributed by atoms with Crippen molar-refractivity contribution in [2.45, 2.75) is 19.9 Å². The highest BCUT2D eigenvalue weighted by Crippen LogP contribution is 2.17. The predicted molar refractivity (Wildman–Crippen MR) is 62.1 cm³/mol. The second kappa shape index (κ2) is 5.68. The number of hydrogen-bond donors (Lipinski definition) is 2. The minimum Gasteiger partial charge on any atom is -0.478 e. The third-order valence-corrected chi connectivity index (χ3v) is 3.19. The fourth-order valence-electron chi connectivity index (χ4n) is 1.11. The Labute approximate surface area is 93.4 Å². The maximum Gasteiger partial charge on any atom is 0.330 e. The van der Waals surface area contributed by atoms with Gasteiger partial charge in [-0.15, -0.1) is 11.3 Å². The van der Waals surface area contributed by atoms with Gasteiger partial charge in [-0.05, 0) is 25.3 Å². The summed E-state index contributed by atoms with van der Waals surface area (Å²) in [4.78, 5) is 11.8. The van der Waals surface area contributed by atoms with Gasteiger partial charge in [0, 0.05) is 23.0 Å². The molecule has 1 aromatic heterocycles. The number of nitrogens with one attached hydrogen (secondary N) is 1. The highest BCUT2D eigenvalue weighted by atomic mass is 32.1. The van der Waals surface area contributed by atoms with Crippen LogP contribution in [-0.4, -0.2) is 17.6 Å². The van der Waals surface area contributed by atoms with E-state index in [1.807, 2.05) is 11.4 Å². The van der Waals surface area contributed by atoms with Gasteiger partial charge in [-0.2, -0.15) is 0 Å². The quantitative estimate of drug-likeness (QED) is 0.757. The van der Waals surface area contributed by atoms with Crippen molar-refractivity contribution in [3.8, 4) is 0 Å². The molecule has 0 aromatic carbocycles. The number of carboxylic acids is 1. The van der Waals surface area contributed by atoms with Gasteiger partial charge in [0.25, 0.3) is 0 Å². The maximum absolute atomic E-state index is 10.5. The van der Waals surface area contributed by atoms with Crippen LogP contribution >= 0.6 is 11.3 Å². The Balaban J connectivity index is 2.38. The molecule has 3 nitrogen and oxygen atoms in total. The highest BCUT2D eigenvalue weighted by Gasteiger charge is 2.04. The van der Waals surface area contributed by atoms with Crippen LogP contribution in [0.1, 0.15) is 24.8 Å². The summed E-state index contributed by atoms with van der Waals surface area (Å²) in [6, 6.07) is 4.34. The van der Waals surface area contributed by atoms with Crippen molar-refractivity contribution in [2.24, 2.45) is 0 Å². The van der Waals surface area contributed by atoms with Crippen LogP contribution in [0.2, 0.25) is 0 Å². The van der Waals surface area contributed by atoms with Crippen LogP contribution in [0.5, 0.6) is 0 Å². The Morgan fingerprint density at radius 2 is 2.47 bits per heavy atom. The topological polar surface area (TPSA) is 49.3 Å². The van der Waals surface area contributed by atoms with E-state index in [4.69, 9.17) is 5.11 Å². The largest absolute Gasteiger partial charge is 0.478 e. The minimum atomic E-state index is -0.861. The molecule has 4 heteroatoms. The smallest absolute Gasteiger partial charge is 0.330 e. The Morgan fingerprint density at radius 1 is 1.73 bits per heavy atom. The van der Waals surface area contributed by atoms with Crippen molar-refractivity contribution < 1.29 is 9.90 Å². The predicted octanol–water partition coefficient (Wildman–Crippen LogP) is 2.43. The Kier molecular flexibility index (Phi) is 4.52. The molecular weight excluding hydrogens is 210 g/mol. The molecule has 0 aliphatic heterocycles. The molecule has 0 fully saturated rings. The Bertz CT molecular complexity index is 343. The van der Waals surface area contributed by atoms with E-state index in [1.165, 1.54) is 4.88 Å².